The van der Waals surface area contributed by atoms with Crippen molar-refractivity contribution in [2.45, 2.75) is 39.0 Å². The lowest BCUT2D eigenvalue weighted by molar-refractivity contribution is -0.133. The van der Waals surface area contributed by atoms with E-state index in [4.69, 9.17) is 5.11 Å². The van der Waals surface area contributed by atoms with Crippen molar-refractivity contribution in [2.24, 2.45) is 5.92 Å². The van der Waals surface area contributed by atoms with Crippen LogP contribution >= 0.6 is 0 Å². The van der Waals surface area contributed by atoms with Crippen LogP contribution in [0.15, 0.2) is 0 Å². The van der Waals surface area contributed by atoms with Gasteiger partial charge in [0.05, 0.1) is 5.92 Å². The Labute approximate surface area is 109 Å². The van der Waals surface area contributed by atoms with Gasteiger partial charge in [0.15, 0.2) is 0 Å². The fourth-order valence-corrected chi connectivity index (χ4v) is 2.25. The van der Waals surface area contributed by atoms with E-state index in [0.717, 1.165) is 38.6 Å². The van der Waals surface area contributed by atoms with Gasteiger partial charge in [-0.1, -0.05) is 0 Å². The molecule has 2 amide bonds. The van der Waals surface area contributed by atoms with Gasteiger partial charge < -0.3 is 15.3 Å². The number of aliphatic hydroxyl groups is 1. The highest BCUT2D eigenvalue weighted by Gasteiger charge is 2.26. The number of carbonyl (C=O) groups excluding carboxylic acids is 2. The first kappa shape index (κ1) is 15.0. The number of amides is 2. The zero-order chi connectivity index (χ0) is 13.4. The van der Waals surface area contributed by atoms with Crippen LogP contribution in [-0.2, 0) is 9.59 Å². The van der Waals surface area contributed by atoms with Crippen molar-refractivity contribution in [1.29, 1.82) is 0 Å². The zero-order valence-electron chi connectivity index (χ0n) is 11.2. The molecule has 2 N–H and O–H groups in total. The molecule has 0 aromatic rings. The smallest absolute Gasteiger partial charge is 0.224 e. The third-order valence-electron chi connectivity index (χ3n) is 3.37. The van der Waals surface area contributed by atoms with Crippen LogP contribution in [-0.4, -0.2) is 48.1 Å². The van der Waals surface area contributed by atoms with Crippen molar-refractivity contribution in [3.05, 3.63) is 0 Å². The van der Waals surface area contributed by atoms with E-state index in [-0.39, 0.29) is 24.3 Å². The Bertz CT molecular complexity index is 281. The number of nitrogens with one attached hydrogen (secondary N) is 1. The predicted octanol–water partition coefficient (Wildman–Crippen LogP) is 0.524. The summed E-state index contributed by atoms with van der Waals surface area (Å²) in [4.78, 5) is 24.9. The lowest BCUT2D eigenvalue weighted by Crippen LogP contribution is -2.44. The number of hydrogen-bond donors (Lipinski definition) is 2. The Morgan fingerprint density at radius 1 is 1.33 bits per heavy atom. The normalized spacial score (nSPS) is 19.7. The van der Waals surface area contributed by atoms with Gasteiger partial charge in [-0.15, -0.1) is 0 Å². The van der Waals surface area contributed by atoms with Crippen molar-refractivity contribution in [2.75, 3.05) is 26.2 Å². The summed E-state index contributed by atoms with van der Waals surface area (Å²) in [6.45, 7) is 3.75. The Kier molecular flexibility index (Phi) is 6.72. The lowest BCUT2D eigenvalue weighted by atomic mass is 9.97. The van der Waals surface area contributed by atoms with Crippen LogP contribution in [0, 0.1) is 5.92 Å². The van der Waals surface area contributed by atoms with E-state index in [1.165, 1.54) is 0 Å². The summed E-state index contributed by atoms with van der Waals surface area (Å²) in [5, 5.41) is 11.5. The topological polar surface area (TPSA) is 69.6 Å². The number of aliphatic hydroxyl groups excluding tert-OH is 1. The Morgan fingerprint density at radius 2 is 2.11 bits per heavy atom. The molecule has 18 heavy (non-hydrogen) atoms. The first-order chi connectivity index (χ1) is 8.65. The fourth-order valence-electron chi connectivity index (χ4n) is 2.25. The molecule has 5 heteroatoms. The number of carbonyl (C=O) groups is 2. The Balaban J connectivity index is 2.22. The molecule has 0 bridgehead atoms. The monoisotopic (exact) mass is 256 g/mol. The molecule has 0 saturated carbocycles. The van der Waals surface area contributed by atoms with E-state index in [9.17, 15) is 9.59 Å². The summed E-state index contributed by atoms with van der Waals surface area (Å²) in [6, 6.07) is 0. The Morgan fingerprint density at radius 3 is 2.78 bits per heavy atom. The molecule has 0 aromatic carbocycles. The van der Waals surface area contributed by atoms with Gasteiger partial charge in [-0.25, -0.2) is 0 Å². The fraction of sp³-hybridized carbons (Fsp3) is 0.846. The molecular weight excluding hydrogens is 232 g/mol. The molecule has 1 aliphatic rings. The van der Waals surface area contributed by atoms with Crippen LogP contribution in [0.3, 0.4) is 0 Å². The minimum Gasteiger partial charge on any atom is -0.396 e. The molecule has 0 aromatic heterocycles. The molecule has 1 atom stereocenters. The standard InChI is InChI=1S/C13H24N2O3/c1-11(17)15-8-5-6-12(10-15)13(18)14-7-3-2-4-9-16/h12,16H,2-10H2,1H3,(H,14,18). The summed E-state index contributed by atoms with van der Waals surface area (Å²) in [5.41, 5.74) is 0. The van der Waals surface area contributed by atoms with Crippen LogP contribution in [0.25, 0.3) is 0 Å². The highest BCUT2D eigenvalue weighted by atomic mass is 16.3. The number of rotatable bonds is 6. The first-order valence-corrected chi connectivity index (χ1v) is 6.79. The zero-order valence-corrected chi connectivity index (χ0v) is 11.2. The van der Waals surface area contributed by atoms with Crippen molar-refractivity contribution in [3.63, 3.8) is 0 Å². The minimum atomic E-state index is -0.0551. The third-order valence-corrected chi connectivity index (χ3v) is 3.37. The molecular formula is C13H24N2O3. The molecule has 1 heterocycles. The molecule has 0 aliphatic carbocycles. The number of unbranched alkanes of at least 4 members (excludes halogenated alkanes) is 2. The van der Waals surface area contributed by atoms with Gasteiger partial charge in [0.25, 0.3) is 0 Å². The molecule has 104 valence electrons. The highest BCUT2D eigenvalue weighted by Crippen LogP contribution is 2.16. The lowest BCUT2D eigenvalue weighted by Gasteiger charge is -2.31. The summed E-state index contributed by atoms with van der Waals surface area (Å²) in [7, 11) is 0. The van der Waals surface area contributed by atoms with E-state index in [1.54, 1.807) is 11.8 Å². The second kappa shape index (κ2) is 8.08. The average molecular weight is 256 g/mol. The predicted molar refractivity (Wildman–Crippen MR) is 68.9 cm³/mol. The Hall–Kier alpha value is -1.10. The second-order valence-electron chi connectivity index (χ2n) is 4.88. The van der Waals surface area contributed by atoms with Crippen molar-refractivity contribution in [1.82, 2.24) is 10.2 Å². The van der Waals surface area contributed by atoms with Gasteiger partial charge in [0.2, 0.25) is 11.8 Å². The van der Waals surface area contributed by atoms with Crippen LogP contribution in [0.1, 0.15) is 39.0 Å². The quantitative estimate of drug-likeness (QED) is 0.681. The van der Waals surface area contributed by atoms with Gasteiger partial charge in [0, 0.05) is 33.2 Å². The van der Waals surface area contributed by atoms with Crippen molar-refractivity contribution >= 4 is 11.8 Å². The van der Waals surface area contributed by atoms with Gasteiger partial charge >= 0.3 is 0 Å². The molecule has 1 fully saturated rings. The van der Waals surface area contributed by atoms with Crippen LogP contribution < -0.4 is 5.32 Å². The van der Waals surface area contributed by atoms with Gasteiger partial charge in [-0.3, -0.25) is 9.59 Å². The maximum Gasteiger partial charge on any atom is 0.224 e. The van der Waals surface area contributed by atoms with Gasteiger partial charge in [0.1, 0.15) is 0 Å². The molecule has 1 saturated heterocycles. The number of likely N-dealkylation sites (tertiary alicyclic amines) is 1. The van der Waals surface area contributed by atoms with Gasteiger partial charge in [-0.05, 0) is 32.1 Å². The van der Waals surface area contributed by atoms with Crippen LogP contribution in [0.2, 0.25) is 0 Å². The first-order valence-electron chi connectivity index (χ1n) is 6.79. The maximum atomic E-state index is 11.9. The number of piperidine rings is 1. The average Bonchev–Trinajstić information content (AvgIpc) is 2.38. The second-order valence-corrected chi connectivity index (χ2v) is 4.88. The van der Waals surface area contributed by atoms with E-state index in [0.29, 0.717) is 13.1 Å². The summed E-state index contributed by atoms with van der Waals surface area (Å²) >= 11 is 0. The molecule has 0 radical (unpaired) electrons. The molecule has 1 aliphatic heterocycles. The third kappa shape index (κ3) is 5.04. The van der Waals surface area contributed by atoms with Crippen molar-refractivity contribution in [3.8, 4) is 0 Å². The summed E-state index contributed by atoms with van der Waals surface area (Å²) < 4.78 is 0. The molecule has 1 rings (SSSR count). The van der Waals surface area contributed by atoms with E-state index in [1.807, 2.05) is 0 Å². The number of nitrogens with zero attached hydrogens (tertiary/aromatic N) is 1. The largest absolute Gasteiger partial charge is 0.396 e. The molecule has 0 spiro atoms. The highest BCUT2D eigenvalue weighted by molar-refractivity contribution is 5.80. The minimum absolute atomic E-state index is 0.0513. The van der Waals surface area contributed by atoms with Crippen LogP contribution in [0.4, 0.5) is 0 Å². The van der Waals surface area contributed by atoms with Gasteiger partial charge in [-0.2, -0.15) is 0 Å². The van der Waals surface area contributed by atoms with E-state index < -0.39 is 0 Å². The molecule has 1 unspecified atom stereocenters. The molecule has 5 nitrogen and oxygen atoms in total. The van der Waals surface area contributed by atoms with Crippen LogP contribution in [0.5, 0.6) is 0 Å². The maximum absolute atomic E-state index is 11.9. The SMILES string of the molecule is CC(=O)N1CCCC(C(=O)NCCCCCO)C1. The summed E-state index contributed by atoms with van der Waals surface area (Å²) in [6.07, 6.45) is 4.39. The van der Waals surface area contributed by atoms with E-state index in [2.05, 4.69) is 5.32 Å². The number of hydrogen-bond acceptors (Lipinski definition) is 3. The van der Waals surface area contributed by atoms with E-state index >= 15 is 0 Å². The summed E-state index contributed by atoms with van der Waals surface area (Å²) in [5.74, 6) is 0.0564. The van der Waals surface area contributed by atoms with Crippen molar-refractivity contribution < 1.29 is 14.7 Å².